The fourth-order valence-electron chi connectivity index (χ4n) is 2.34. The highest BCUT2D eigenvalue weighted by atomic mass is 32.2. The van der Waals surface area contributed by atoms with Gasteiger partial charge in [-0.1, -0.05) is 0 Å². The molecule has 1 aliphatic heterocycles. The number of hydrogen-bond donors (Lipinski definition) is 2. The summed E-state index contributed by atoms with van der Waals surface area (Å²) < 4.78 is 27.3. The third-order valence-corrected chi connectivity index (χ3v) is 6.33. The Bertz CT molecular complexity index is 513. The van der Waals surface area contributed by atoms with Crippen LogP contribution in [0.2, 0.25) is 0 Å². The van der Waals surface area contributed by atoms with Gasteiger partial charge in [-0.3, -0.25) is 0 Å². The summed E-state index contributed by atoms with van der Waals surface area (Å²) in [6.45, 7) is 2.96. The van der Waals surface area contributed by atoms with E-state index in [0.717, 1.165) is 31.5 Å². The molecule has 108 valence electrons. The lowest BCUT2D eigenvalue weighted by Gasteiger charge is -2.29. The summed E-state index contributed by atoms with van der Waals surface area (Å²) in [6.07, 6.45) is 2.23. The molecule has 1 aromatic rings. The van der Waals surface area contributed by atoms with Crippen molar-refractivity contribution in [2.24, 2.45) is 11.7 Å². The zero-order chi connectivity index (χ0) is 13.9. The van der Waals surface area contributed by atoms with Crippen LogP contribution < -0.4 is 10.5 Å². The second-order valence-corrected chi connectivity index (χ2v) is 8.01. The first-order valence-corrected chi connectivity index (χ1v) is 8.83. The van der Waals surface area contributed by atoms with Crippen molar-refractivity contribution in [3.05, 3.63) is 17.0 Å². The van der Waals surface area contributed by atoms with Gasteiger partial charge in [0.1, 0.15) is 4.21 Å². The highest BCUT2D eigenvalue weighted by molar-refractivity contribution is 7.91. The van der Waals surface area contributed by atoms with Gasteiger partial charge in [-0.25, -0.2) is 13.1 Å². The first-order valence-electron chi connectivity index (χ1n) is 6.47. The van der Waals surface area contributed by atoms with Crippen molar-refractivity contribution in [3.8, 4) is 0 Å². The molecule has 1 aliphatic rings. The van der Waals surface area contributed by atoms with Crippen molar-refractivity contribution in [2.45, 2.75) is 23.6 Å². The maximum absolute atomic E-state index is 12.1. The highest BCUT2D eigenvalue weighted by Gasteiger charge is 2.21. The average molecular weight is 303 g/mol. The maximum atomic E-state index is 12.1. The number of likely N-dealkylation sites (tertiary alicyclic amines) is 1. The van der Waals surface area contributed by atoms with Gasteiger partial charge in [-0.05, 0) is 49.4 Å². The minimum absolute atomic E-state index is 0.358. The molecule has 2 heterocycles. The summed E-state index contributed by atoms with van der Waals surface area (Å²) in [5, 5.41) is 1.79. The van der Waals surface area contributed by atoms with E-state index in [1.165, 1.54) is 11.3 Å². The quantitative estimate of drug-likeness (QED) is 0.845. The van der Waals surface area contributed by atoms with Gasteiger partial charge >= 0.3 is 0 Å². The lowest BCUT2D eigenvalue weighted by molar-refractivity contribution is 0.211. The normalized spacial score (nSPS) is 21.7. The molecule has 0 spiro atoms. The van der Waals surface area contributed by atoms with Crippen molar-refractivity contribution in [2.75, 3.05) is 26.7 Å². The van der Waals surface area contributed by atoms with Gasteiger partial charge in [0, 0.05) is 19.6 Å². The Balaban J connectivity index is 1.93. The smallest absolute Gasteiger partial charge is 0.250 e. The minimum Gasteiger partial charge on any atom is -0.326 e. The molecule has 0 saturated carbocycles. The third kappa shape index (κ3) is 4.00. The molecule has 7 heteroatoms. The SMILES string of the molecule is CN1CCCC(CNS(=O)(=O)c2cc(CN)cs2)C1. The fourth-order valence-corrected chi connectivity index (χ4v) is 4.72. The lowest BCUT2D eigenvalue weighted by Crippen LogP contribution is -2.38. The second kappa shape index (κ2) is 6.32. The molecular weight excluding hydrogens is 282 g/mol. The van der Waals surface area contributed by atoms with E-state index in [1.54, 1.807) is 11.4 Å². The Labute approximate surface area is 118 Å². The predicted octanol–water partition coefficient (Wildman–Crippen LogP) is 0.827. The summed E-state index contributed by atoms with van der Waals surface area (Å²) in [4.78, 5) is 2.25. The first-order chi connectivity index (χ1) is 9.01. The largest absolute Gasteiger partial charge is 0.326 e. The first kappa shape index (κ1) is 14.9. The number of rotatable bonds is 5. The summed E-state index contributed by atoms with van der Waals surface area (Å²) in [5.74, 6) is 0.405. The molecule has 0 aliphatic carbocycles. The molecule has 5 nitrogen and oxygen atoms in total. The van der Waals surface area contributed by atoms with Crippen molar-refractivity contribution < 1.29 is 8.42 Å². The summed E-state index contributed by atoms with van der Waals surface area (Å²) >= 11 is 1.23. The van der Waals surface area contributed by atoms with Crippen molar-refractivity contribution in [3.63, 3.8) is 0 Å². The fraction of sp³-hybridized carbons (Fsp3) is 0.667. The van der Waals surface area contributed by atoms with Gasteiger partial charge in [0.2, 0.25) is 10.0 Å². The van der Waals surface area contributed by atoms with Crippen LogP contribution in [0.25, 0.3) is 0 Å². The van der Waals surface area contributed by atoms with E-state index in [2.05, 4.69) is 16.7 Å². The lowest BCUT2D eigenvalue weighted by atomic mass is 9.99. The number of hydrogen-bond acceptors (Lipinski definition) is 5. The summed E-state index contributed by atoms with van der Waals surface area (Å²) in [7, 11) is -1.30. The third-order valence-electron chi connectivity index (χ3n) is 3.41. The molecule has 3 N–H and O–H groups in total. The topological polar surface area (TPSA) is 75.4 Å². The van der Waals surface area contributed by atoms with Crippen molar-refractivity contribution in [1.82, 2.24) is 9.62 Å². The van der Waals surface area contributed by atoms with Crippen LogP contribution in [0.5, 0.6) is 0 Å². The second-order valence-electron chi connectivity index (χ2n) is 5.10. The van der Waals surface area contributed by atoms with Crippen LogP contribution in [0.4, 0.5) is 0 Å². The van der Waals surface area contributed by atoms with Crippen LogP contribution in [-0.4, -0.2) is 40.0 Å². The number of sulfonamides is 1. The van der Waals surface area contributed by atoms with E-state index < -0.39 is 10.0 Å². The van der Waals surface area contributed by atoms with Crippen molar-refractivity contribution in [1.29, 1.82) is 0 Å². The molecule has 0 radical (unpaired) electrons. The number of nitrogens with zero attached hydrogens (tertiary/aromatic N) is 1. The Morgan fingerprint density at radius 3 is 3.00 bits per heavy atom. The molecule has 0 bridgehead atoms. The minimum atomic E-state index is -3.37. The van der Waals surface area contributed by atoms with Gasteiger partial charge < -0.3 is 10.6 Å². The van der Waals surface area contributed by atoms with E-state index in [-0.39, 0.29) is 0 Å². The van der Waals surface area contributed by atoms with Crippen LogP contribution in [0.15, 0.2) is 15.7 Å². The Morgan fingerprint density at radius 1 is 1.58 bits per heavy atom. The maximum Gasteiger partial charge on any atom is 0.250 e. The van der Waals surface area contributed by atoms with Gasteiger partial charge in [0.25, 0.3) is 0 Å². The number of thiophene rings is 1. The summed E-state index contributed by atoms with van der Waals surface area (Å²) in [6, 6.07) is 1.65. The van der Waals surface area contributed by atoms with Crippen LogP contribution in [-0.2, 0) is 16.6 Å². The van der Waals surface area contributed by atoms with Crippen LogP contribution >= 0.6 is 11.3 Å². The molecule has 1 unspecified atom stereocenters. The Kier molecular flexibility index (Phi) is 4.97. The Hall–Kier alpha value is -0.470. The standard InChI is InChI=1S/C12H21N3O2S2/c1-15-4-2-3-10(8-15)7-14-19(16,17)12-5-11(6-13)9-18-12/h5,9-10,14H,2-4,6-8,13H2,1H3. The highest BCUT2D eigenvalue weighted by Crippen LogP contribution is 2.20. The zero-order valence-electron chi connectivity index (χ0n) is 11.1. The Morgan fingerprint density at radius 2 is 2.37 bits per heavy atom. The molecule has 1 fully saturated rings. The van der Waals surface area contributed by atoms with Gasteiger partial charge in [-0.15, -0.1) is 11.3 Å². The average Bonchev–Trinajstić information content (AvgIpc) is 2.86. The number of nitrogens with two attached hydrogens (primary N) is 1. The molecule has 0 aromatic carbocycles. The van der Waals surface area contributed by atoms with Gasteiger partial charge in [0.05, 0.1) is 0 Å². The molecule has 0 amide bonds. The van der Waals surface area contributed by atoms with Gasteiger partial charge in [0.15, 0.2) is 0 Å². The molecule has 2 rings (SSSR count). The molecule has 1 atom stereocenters. The molecule has 1 saturated heterocycles. The predicted molar refractivity (Wildman–Crippen MR) is 77.6 cm³/mol. The summed E-state index contributed by atoms with van der Waals surface area (Å²) in [5.41, 5.74) is 6.36. The van der Waals surface area contributed by atoms with E-state index in [1.807, 2.05) is 0 Å². The zero-order valence-corrected chi connectivity index (χ0v) is 12.8. The molecule has 1 aromatic heterocycles. The van der Waals surface area contributed by atoms with E-state index in [9.17, 15) is 8.42 Å². The number of piperidine rings is 1. The van der Waals surface area contributed by atoms with Gasteiger partial charge in [-0.2, -0.15) is 0 Å². The van der Waals surface area contributed by atoms with Crippen LogP contribution in [0.3, 0.4) is 0 Å². The molecular formula is C12H21N3O2S2. The van der Waals surface area contributed by atoms with E-state index in [4.69, 9.17) is 5.73 Å². The van der Waals surface area contributed by atoms with E-state index in [0.29, 0.717) is 23.2 Å². The number of nitrogens with one attached hydrogen (secondary N) is 1. The van der Waals surface area contributed by atoms with Crippen molar-refractivity contribution >= 4 is 21.4 Å². The molecule has 19 heavy (non-hydrogen) atoms. The van der Waals surface area contributed by atoms with E-state index >= 15 is 0 Å². The van der Waals surface area contributed by atoms with Crippen LogP contribution in [0, 0.1) is 5.92 Å². The monoisotopic (exact) mass is 303 g/mol. The van der Waals surface area contributed by atoms with Crippen LogP contribution in [0.1, 0.15) is 18.4 Å².